The van der Waals surface area contributed by atoms with E-state index >= 15 is 0 Å². The van der Waals surface area contributed by atoms with E-state index in [1.807, 2.05) is 0 Å². The Hall–Kier alpha value is -1.06. The van der Waals surface area contributed by atoms with Gasteiger partial charge in [0.25, 0.3) is 0 Å². The van der Waals surface area contributed by atoms with Gasteiger partial charge in [-0.3, -0.25) is 4.79 Å². The van der Waals surface area contributed by atoms with Crippen molar-refractivity contribution in [2.45, 2.75) is 103 Å². The molecule has 0 aliphatic rings. The fourth-order valence-electron chi connectivity index (χ4n) is 2.60. The second kappa shape index (κ2) is 14.9. The van der Waals surface area contributed by atoms with Gasteiger partial charge in [-0.05, 0) is 12.8 Å². The van der Waals surface area contributed by atoms with Crippen LogP contribution >= 0.6 is 0 Å². The Morgan fingerprint density at radius 1 is 0.818 bits per heavy atom. The van der Waals surface area contributed by atoms with Gasteiger partial charge in [-0.2, -0.15) is 0 Å². The molecular formula is C18H34O4. The molecule has 0 spiro atoms. The Morgan fingerprint density at radius 3 is 1.59 bits per heavy atom. The highest BCUT2D eigenvalue weighted by Gasteiger charge is 2.19. The first-order valence-corrected chi connectivity index (χ1v) is 8.98. The molecular weight excluding hydrogens is 280 g/mol. The largest absolute Gasteiger partial charge is 0.479 e. The zero-order valence-corrected chi connectivity index (χ0v) is 14.4. The normalized spacial score (nSPS) is 12.1. The quantitative estimate of drug-likeness (QED) is 0.337. The smallest absolute Gasteiger partial charge is 0.345 e. The molecule has 22 heavy (non-hydrogen) atoms. The summed E-state index contributed by atoms with van der Waals surface area (Å²) >= 11 is 0. The first kappa shape index (κ1) is 20.9. The lowest BCUT2D eigenvalue weighted by Crippen LogP contribution is -2.25. The van der Waals surface area contributed by atoms with E-state index < -0.39 is 18.0 Å². The van der Waals surface area contributed by atoms with Crippen molar-refractivity contribution in [1.29, 1.82) is 0 Å². The van der Waals surface area contributed by atoms with Crippen molar-refractivity contribution in [1.82, 2.24) is 0 Å². The van der Waals surface area contributed by atoms with Gasteiger partial charge < -0.3 is 9.84 Å². The third kappa shape index (κ3) is 13.9. The summed E-state index contributed by atoms with van der Waals surface area (Å²) in [6.07, 6.45) is 14.4. The number of carboxylic acids is 1. The highest BCUT2D eigenvalue weighted by atomic mass is 16.6. The van der Waals surface area contributed by atoms with Crippen molar-refractivity contribution >= 4 is 11.9 Å². The van der Waals surface area contributed by atoms with Gasteiger partial charge >= 0.3 is 11.9 Å². The molecule has 0 saturated heterocycles. The van der Waals surface area contributed by atoms with E-state index in [0.29, 0.717) is 6.42 Å². The molecule has 0 fully saturated rings. The number of esters is 1. The molecule has 0 unspecified atom stereocenters. The second-order valence-electron chi connectivity index (χ2n) is 6.11. The molecule has 130 valence electrons. The molecule has 0 radical (unpaired) electrons. The van der Waals surface area contributed by atoms with Crippen LogP contribution in [0.15, 0.2) is 0 Å². The summed E-state index contributed by atoms with van der Waals surface area (Å²) in [5.41, 5.74) is 0. The number of carbonyl (C=O) groups is 2. The summed E-state index contributed by atoms with van der Waals surface area (Å²) in [5.74, 6) is -1.57. The van der Waals surface area contributed by atoms with Gasteiger partial charge in [-0.1, -0.05) is 77.6 Å². The van der Waals surface area contributed by atoms with Gasteiger partial charge in [0, 0.05) is 6.92 Å². The number of aliphatic carboxylic acids is 1. The van der Waals surface area contributed by atoms with Gasteiger partial charge in [0.1, 0.15) is 0 Å². The van der Waals surface area contributed by atoms with Gasteiger partial charge in [-0.25, -0.2) is 4.79 Å². The lowest BCUT2D eigenvalue weighted by atomic mass is 10.0. The average molecular weight is 314 g/mol. The molecule has 0 aromatic heterocycles. The van der Waals surface area contributed by atoms with Crippen LogP contribution in [0.4, 0.5) is 0 Å². The third-order valence-electron chi connectivity index (χ3n) is 3.90. The summed E-state index contributed by atoms with van der Waals surface area (Å²) in [7, 11) is 0. The summed E-state index contributed by atoms with van der Waals surface area (Å²) < 4.78 is 4.77. The van der Waals surface area contributed by atoms with E-state index in [0.717, 1.165) is 19.3 Å². The molecule has 0 aliphatic heterocycles. The molecule has 0 aliphatic carbocycles. The summed E-state index contributed by atoms with van der Waals surface area (Å²) in [5, 5.41) is 8.92. The fraction of sp³-hybridized carbons (Fsp3) is 0.889. The van der Waals surface area contributed by atoms with Crippen LogP contribution in [-0.4, -0.2) is 23.1 Å². The average Bonchev–Trinajstić information content (AvgIpc) is 2.46. The number of hydrogen-bond acceptors (Lipinski definition) is 3. The molecule has 0 aromatic carbocycles. The highest BCUT2D eigenvalue weighted by molar-refractivity contribution is 5.76. The maximum Gasteiger partial charge on any atom is 0.345 e. The van der Waals surface area contributed by atoms with Gasteiger partial charge in [0.15, 0.2) is 6.10 Å². The molecule has 0 aromatic rings. The summed E-state index contributed by atoms with van der Waals surface area (Å²) in [4.78, 5) is 21.7. The summed E-state index contributed by atoms with van der Waals surface area (Å²) in [6, 6.07) is 0. The van der Waals surface area contributed by atoms with Crippen LogP contribution in [0.3, 0.4) is 0 Å². The third-order valence-corrected chi connectivity index (χ3v) is 3.90. The van der Waals surface area contributed by atoms with Crippen molar-refractivity contribution < 1.29 is 19.4 Å². The predicted molar refractivity (Wildman–Crippen MR) is 88.9 cm³/mol. The van der Waals surface area contributed by atoms with Crippen molar-refractivity contribution in [3.05, 3.63) is 0 Å². The first-order valence-electron chi connectivity index (χ1n) is 8.98. The van der Waals surface area contributed by atoms with Crippen LogP contribution < -0.4 is 0 Å². The number of hydrogen-bond donors (Lipinski definition) is 1. The van der Waals surface area contributed by atoms with Crippen LogP contribution in [0.1, 0.15) is 97.3 Å². The molecule has 1 atom stereocenters. The standard InChI is InChI=1S/C18H34O4/c1-3-4-5-6-7-8-9-10-11-12-13-14-15-17(18(20)21)22-16(2)19/h17H,3-15H2,1-2H3,(H,20,21)/t17-/m1/s1. The molecule has 0 bridgehead atoms. The Bertz CT molecular complexity index is 289. The van der Waals surface area contributed by atoms with Crippen molar-refractivity contribution in [3.8, 4) is 0 Å². The SMILES string of the molecule is CCCCCCCCCCCCCC[C@@H](OC(C)=O)C(=O)O. The molecule has 0 heterocycles. The molecule has 0 rings (SSSR count). The minimum Gasteiger partial charge on any atom is -0.479 e. The molecule has 4 nitrogen and oxygen atoms in total. The Balaban J connectivity index is 3.35. The number of rotatable bonds is 15. The molecule has 0 saturated carbocycles. The van der Waals surface area contributed by atoms with Crippen molar-refractivity contribution in [2.75, 3.05) is 0 Å². The monoisotopic (exact) mass is 314 g/mol. The minimum absolute atomic E-state index is 0.423. The van der Waals surface area contributed by atoms with Gasteiger partial charge in [-0.15, -0.1) is 0 Å². The predicted octanol–water partition coefficient (Wildman–Crippen LogP) is 5.09. The number of unbranched alkanes of at least 4 members (excludes halogenated alkanes) is 11. The lowest BCUT2D eigenvalue weighted by molar-refractivity contribution is -0.163. The first-order chi connectivity index (χ1) is 10.6. The number of carbonyl (C=O) groups excluding carboxylic acids is 1. The number of carboxylic acid groups (broad SMARTS) is 1. The molecule has 4 heteroatoms. The minimum atomic E-state index is -1.04. The van der Waals surface area contributed by atoms with Crippen LogP contribution in [0, 0.1) is 0 Å². The zero-order valence-electron chi connectivity index (χ0n) is 14.4. The van der Waals surface area contributed by atoms with Crippen LogP contribution in [0.5, 0.6) is 0 Å². The highest BCUT2D eigenvalue weighted by Crippen LogP contribution is 2.13. The summed E-state index contributed by atoms with van der Waals surface area (Å²) in [6.45, 7) is 3.49. The Kier molecular flexibility index (Phi) is 14.1. The van der Waals surface area contributed by atoms with Crippen molar-refractivity contribution in [2.24, 2.45) is 0 Å². The Morgan fingerprint density at radius 2 is 1.23 bits per heavy atom. The van der Waals surface area contributed by atoms with E-state index in [9.17, 15) is 9.59 Å². The van der Waals surface area contributed by atoms with Gasteiger partial charge in [0.2, 0.25) is 0 Å². The lowest BCUT2D eigenvalue weighted by Gasteiger charge is -2.11. The zero-order chi connectivity index (χ0) is 16.6. The van der Waals surface area contributed by atoms with Gasteiger partial charge in [0.05, 0.1) is 0 Å². The maximum atomic E-state index is 10.9. The number of ether oxygens (including phenoxy) is 1. The van der Waals surface area contributed by atoms with Crippen LogP contribution in [0.2, 0.25) is 0 Å². The van der Waals surface area contributed by atoms with Crippen LogP contribution in [-0.2, 0) is 14.3 Å². The second-order valence-corrected chi connectivity index (χ2v) is 6.11. The van der Waals surface area contributed by atoms with E-state index in [1.54, 1.807) is 0 Å². The van der Waals surface area contributed by atoms with E-state index in [2.05, 4.69) is 6.92 Å². The molecule has 1 N–H and O–H groups in total. The Labute approximate surface area is 135 Å². The maximum absolute atomic E-state index is 10.9. The van der Waals surface area contributed by atoms with E-state index in [4.69, 9.17) is 9.84 Å². The van der Waals surface area contributed by atoms with Crippen molar-refractivity contribution in [3.63, 3.8) is 0 Å². The van der Waals surface area contributed by atoms with E-state index in [1.165, 1.54) is 64.7 Å². The van der Waals surface area contributed by atoms with Crippen LogP contribution in [0.25, 0.3) is 0 Å². The van der Waals surface area contributed by atoms with E-state index in [-0.39, 0.29) is 0 Å². The topological polar surface area (TPSA) is 63.6 Å². The molecule has 0 amide bonds. The fourth-order valence-corrected chi connectivity index (χ4v) is 2.60.